The maximum atomic E-state index is 11.9. The van der Waals surface area contributed by atoms with Crippen molar-refractivity contribution >= 4 is 5.91 Å². The van der Waals surface area contributed by atoms with Crippen molar-refractivity contribution in [1.82, 2.24) is 5.32 Å². The van der Waals surface area contributed by atoms with Gasteiger partial charge >= 0.3 is 0 Å². The topological polar surface area (TPSA) is 29.1 Å². The second kappa shape index (κ2) is 6.19. The van der Waals surface area contributed by atoms with Gasteiger partial charge < -0.3 is 5.32 Å². The van der Waals surface area contributed by atoms with Gasteiger partial charge in [-0.1, -0.05) is 42.5 Å². The van der Waals surface area contributed by atoms with Gasteiger partial charge in [0.2, 0.25) is 0 Å². The number of carbonyl (C=O) groups is 1. The summed E-state index contributed by atoms with van der Waals surface area (Å²) in [4.78, 5) is 11.9. The van der Waals surface area contributed by atoms with Crippen molar-refractivity contribution in [3.63, 3.8) is 0 Å². The monoisotopic (exact) mass is 253 g/mol. The van der Waals surface area contributed by atoms with Crippen LogP contribution in [-0.2, 0) is 6.42 Å². The fourth-order valence-electron chi connectivity index (χ4n) is 2.00. The lowest BCUT2D eigenvalue weighted by molar-refractivity contribution is 0.0943. The highest BCUT2D eigenvalue weighted by Crippen LogP contribution is 2.11. The SMILES string of the molecule is CC(C)NC(=O)c1cccc(Cc2ccccc2)c1. The molecule has 0 fully saturated rings. The number of carbonyl (C=O) groups excluding carboxylic acids is 1. The quantitative estimate of drug-likeness (QED) is 0.888. The molecule has 2 heteroatoms. The van der Waals surface area contributed by atoms with Gasteiger partial charge in [-0.2, -0.15) is 0 Å². The molecular formula is C17H19NO. The minimum atomic E-state index is -0.00934. The average molecular weight is 253 g/mol. The molecule has 0 saturated carbocycles. The van der Waals surface area contributed by atoms with Crippen LogP contribution in [0, 0.1) is 0 Å². The van der Waals surface area contributed by atoms with Crippen LogP contribution in [0.1, 0.15) is 35.3 Å². The van der Waals surface area contributed by atoms with Gasteiger partial charge in [-0.3, -0.25) is 4.79 Å². The van der Waals surface area contributed by atoms with Crippen molar-refractivity contribution in [3.05, 3.63) is 71.3 Å². The van der Waals surface area contributed by atoms with Crippen molar-refractivity contribution in [2.45, 2.75) is 26.3 Å². The second-order valence-corrected chi connectivity index (χ2v) is 4.99. The molecule has 2 rings (SSSR count). The van der Waals surface area contributed by atoms with Gasteiger partial charge in [-0.25, -0.2) is 0 Å². The predicted octanol–water partition coefficient (Wildman–Crippen LogP) is 3.42. The molecule has 2 nitrogen and oxygen atoms in total. The normalized spacial score (nSPS) is 10.5. The number of hydrogen-bond donors (Lipinski definition) is 1. The number of rotatable bonds is 4. The lowest BCUT2D eigenvalue weighted by Crippen LogP contribution is -2.30. The lowest BCUT2D eigenvalue weighted by Gasteiger charge is -2.09. The summed E-state index contributed by atoms with van der Waals surface area (Å²) in [6, 6.07) is 18.2. The fourth-order valence-corrected chi connectivity index (χ4v) is 2.00. The van der Waals surface area contributed by atoms with Crippen LogP contribution in [0.25, 0.3) is 0 Å². The van der Waals surface area contributed by atoms with Crippen molar-refractivity contribution in [2.75, 3.05) is 0 Å². The Kier molecular flexibility index (Phi) is 4.35. The number of hydrogen-bond acceptors (Lipinski definition) is 1. The Morgan fingerprint density at radius 1 is 1.00 bits per heavy atom. The zero-order valence-electron chi connectivity index (χ0n) is 11.4. The Balaban J connectivity index is 2.13. The van der Waals surface area contributed by atoms with E-state index in [1.807, 2.05) is 50.2 Å². The van der Waals surface area contributed by atoms with E-state index in [2.05, 4.69) is 23.5 Å². The summed E-state index contributed by atoms with van der Waals surface area (Å²) >= 11 is 0. The first-order chi connectivity index (χ1) is 9.15. The molecule has 0 bridgehead atoms. The molecule has 0 aliphatic heterocycles. The molecule has 0 spiro atoms. The van der Waals surface area contributed by atoms with Gasteiger partial charge in [0, 0.05) is 11.6 Å². The third kappa shape index (κ3) is 3.95. The first-order valence-electron chi connectivity index (χ1n) is 6.59. The molecule has 1 amide bonds. The average Bonchev–Trinajstić information content (AvgIpc) is 2.39. The van der Waals surface area contributed by atoms with E-state index < -0.39 is 0 Å². The van der Waals surface area contributed by atoms with Crippen molar-refractivity contribution < 1.29 is 4.79 Å². The van der Waals surface area contributed by atoms with E-state index in [0.29, 0.717) is 0 Å². The molecule has 19 heavy (non-hydrogen) atoms. The fraction of sp³-hybridized carbons (Fsp3) is 0.235. The van der Waals surface area contributed by atoms with Crippen molar-refractivity contribution in [2.24, 2.45) is 0 Å². The molecule has 0 aromatic heterocycles. The van der Waals surface area contributed by atoms with Crippen LogP contribution in [0.2, 0.25) is 0 Å². The number of amides is 1. The van der Waals surface area contributed by atoms with E-state index in [1.165, 1.54) is 5.56 Å². The van der Waals surface area contributed by atoms with Gasteiger partial charge in [0.25, 0.3) is 5.91 Å². The minimum absolute atomic E-state index is 0.00934. The smallest absolute Gasteiger partial charge is 0.251 e. The Morgan fingerprint density at radius 2 is 1.68 bits per heavy atom. The Morgan fingerprint density at radius 3 is 2.37 bits per heavy atom. The molecule has 2 aromatic carbocycles. The van der Waals surface area contributed by atoms with E-state index in [1.54, 1.807) is 0 Å². The first-order valence-corrected chi connectivity index (χ1v) is 6.59. The second-order valence-electron chi connectivity index (χ2n) is 4.99. The Labute approximate surface area is 114 Å². The molecule has 0 radical (unpaired) electrons. The van der Waals surface area contributed by atoms with Crippen LogP contribution in [-0.4, -0.2) is 11.9 Å². The Hall–Kier alpha value is -2.09. The molecule has 1 N–H and O–H groups in total. The summed E-state index contributed by atoms with van der Waals surface area (Å²) in [7, 11) is 0. The molecule has 0 aliphatic carbocycles. The zero-order valence-corrected chi connectivity index (χ0v) is 11.4. The van der Waals surface area contributed by atoms with Crippen LogP contribution in [0.4, 0.5) is 0 Å². The third-order valence-electron chi connectivity index (χ3n) is 2.86. The van der Waals surface area contributed by atoms with Crippen LogP contribution in [0.3, 0.4) is 0 Å². The van der Waals surface area contributed by atoms with E-state index in [0.717, 1.165) is 17.5 Å². The molecule has 0 saturated heterocycles. The van der Waals surface area contributed by atoms with Crippen LogP contribution in [0.5, 0.6) is 0 Å². The van der Waals surface area contributed by atoms with Crippen LogP contribution >= 0.6 is 0 Å². The molecule has 2 aromatic rings. The highest BCUT2D eigenvalue weighted by atomic mass is 16.1. The van der Waals surface area contributed by atoms with Crippen LogP contribution in [0.15, 0.2) is 54.6 Å². The largest absolute Gasteiger partial charge is 0.350 e. The summed E-state index contributed by atoms with van der Waals surface area (Å²) < 4.78 is 0. The Bertz CT molecular complexity index is 546. The van der Waals surface area contributed by atoms with Gasteiger partial charge in [-0.15, -0.1) is 0 Å². The van der Waals surface area contributed by atoms with Gasteiger partial charge in [0.1, 0.15) is 0 Å². The third-order valence-corrected chi connectivity index (χ3v) is 2.86. The standard InChI is InChI=1S/C17H19NO/c1-13(2)18-17(19)16-10-6-9-15(12-16)11-14-7-4-3-5-8-14/h3-10,12-13H,11H2,1-2H3,(H,18,19). The predicted molar refractivity (Wildman–Crippen MR) is 78.3 cm³/mol. The summed E-state index contributed by atoms with van der Waals surface area (Å²) in [6.07, 6.45) is 0.851. The van der Waals surface area contributed by atoms with Gasteiger partial charge in [0.05, 0.1) is 0 Å². The summed E-state index contributed by atoms with van der Waals surface area (Å²) in [6.45, 7) is 3.93. The molecule has 0 atom stereocenters. The maximum Gasteiger partial charge on any atom is 0.251 e. The van der Waals surface area contributed by atoms with Gasteiger partial charge in [-0.05, 0) is 43.5 Å². The first kappa shape index (κ1) is 13.3. The number of benzene rings is 2. The van der Waals surface area contributed by atoms with E-state index in [-0.39, 0.29) is 11.9 Å². The summed E-state index contributed by atoms with van der Waals surface area (Å²) in [5.41, 5.74) is 3.13. The van der Waals surface area contributed by atoms with Gasteiger partial charge in [0.15, 0.2) is 0 Å². The highest BCUT2D eigenvalue weighted by molar-refractivity contribution is 5.94. The molecule has 98 valence electrons. The molecular weight excluding hydrogens is 234 g/mol. The summed E-state index contributed by atoms with van der Waals surface area (Å²) in [5.74, 6) is -0.00934. The molecule has 0 aliphatic rings. The van der Waals surface area contributed by atoms with E-state index >= 15 is 0 Å². The zero-order chi connectivity index (χ0) is 13.7. The van der Waals surface area contributed by atoms with Crippen molar-refractivity contribution in [3.8, 4) is 0 Å². The van der Waals surface area contributed by atoms with E-state index in [9.17, 15) is 4.79 Å². The minimum Gasteiger partial charge on any atom is -0.350 e. The molecule has 0 heterocycles. The van der Waals surface area contributed by atoms with Crippen LogP contribution < -0.4 is 5.32 Å². The highest BCUT2D eigenvalue weighted by Gasteiger charge is 2.07. The maximum absolute atomic E-state index is 11.9. The molecule has 0 unspecified atom stereocenters. The van der Waals surface area contributed by atoms with Crippen molar-refractivity contribution in [1.29, 1.82) is 0 Å². The number of nitrogens with one attached hydrogen (secondary N) is 1. The summed E-state index contributed by atoms with van der Waals surface area (Å²) in [5, 5.41) is 2.91. The van der Waals surface area contributed by atoms with E-state index in [4.69, 9.17) is 0 Å². The lowest BCUT2D eigenvalue weighted by atomic mass is 10.0.